The quantitative estimate of drug-likeness (QED) is 0.621. The van der Waals surface area contributed by atoms with Crippen molar-refractivity contribution in [3.63, 3.8) is 0 Å². The Morgan fingerprint density at radius 3 is 3.11 bits per heavy atom. The van der Waals surface area contributed by atoms with Crippen molar-refractivity contribution in [3.8, 4) is 10.8 Å². The van der Waals surface area contributed by atoms with E-state index < -0.39 is 0 Å². The zero-order valence-corrected chi connectivity index (χ0v) is 11.6. The van der Waals surface area contributed by atoms with Gasteiger partial charge in [0.25, 0.3) is 11.1 Å². The number of thioether (sulfide) groups is 1. The number of nitrogens with zero attached hydrogens (tertiary/aromatic N) is 2. The maximum absolute atomic E-state index is 11.2. The van der Waals surface area contributed by atoms with Crippen LogP contribution in [0, 0.1) is 5.92 Å². The Bertz CT molecular complexity index is 510. The van der Waals surface area contributed by atoms with Crippen LogP contribution in [0.2, 0.25) is 0 Å². The molecule has 1 unspecified atom stereocenters. The molecule has 7 heteroatoms. The lowest BCUT2D eigenvalue weighted by atomic mass is 10.2. The third-order valence-corrected chi connectivity index (χ3v) is 4.14. The molecule has 0 saturated carbocycles. The molecule has 5 nitrogen and oxygen atoms in total. The SMILES string of the molecule is COC(=O)C(C)CSc1nnc(-c2cccs2)o1. The number of hydrogen-bond acceptors (Lipinski definition) is 7. The number of hydrogen-bond donors (Lipinski definition) is 0. The van der Waals surface area contributed by atoms with Crippen molar-refractivity contribution in [3.05, 3.63) is 17.5 Å². The number of carbonyl (C=O) groups excluding carboxylic acids is 1. The topological polar surface area (TPSA) is 65.2 Å². The van der Waals surface area contributed by atoms with Crippen LogP contribution in [0.3, 0.4) is 0 Å². The molecular weight excluding hydrogens is 272 g/mol. The van der Waals surface area contributed by atoms with Crippen molar-refractivity contribution < 1.29 is 13.9 Å². The summed E-state index contributed by atoms with van der Waals surface area (Å²) in [6.45, 7) is 1.80. The number of aromatic nitrogens is 2. The maximum Gasteiger partial charge on any atom is 0.309 e. The van der Waals surface area contributed by atoms with Crippen LogP contribution in [0.5, 0.6) is 0 Å². The average Bonchev–Trinajstić information content (AvgIpc) is 3.04. The third-order valence-electron chi connectivity index (χ3n) is 2.20. The molecule has 0 aliphatic carbocycles. The minimum absolute atomic E-state index is 0.197. The molecule has 1 atom stereocenters. The molecule has 0 radical (unpaired) electrons. The Morgan fingerprint density at radius 2 is 2.44 bits per heavy atom. The van der Waals surface area contributed by atoms with Crippen LogP contribution < -0.4 is 0 Å². The summed E-state index contributed by atoms with van der Waals surface area (Å²) in [5.74, 6) is 0.634. The van der Waals surface area contributed by atoms with Crippen LogP contribution in [0.15, 0.2) is 27.2 Å². The Balaban J connectivity index is 1.93. The van der Waals surface area contributed by atoms with Crippen molar-refractivity contribution in [2.24, 2.45) is 5.92 Å². The summed E-state index contributed by atoms with van der Waals surface area (Å²) >= 11 is 2.90. The largest absolute Gasteiger partial charge is 0.469 e. The van der Waals surface area contributed by atoms with Gasteiger partial charge in [-0.1, -0.05) is 24.8 Å². The van der Waals surface area contributed by atoms with E-state index in [-0.39, 0.29) is 11.9 Å². The molecule has 0 aliphatic rings. The number of rotatable bonds is 5. The molecule has 0 fully saturated rings. The first-order chi connectivity index (χ1) is 8.70. The lowest BCUT2D eigenvalue weighted by Crippen LogP contribution is -2.14. The van der Waals surface area contributed by atoms with Crippen molar-refractivity contribution in [1.29, 1.82) is 0 Å². The summed E-state index contributed by atoms with van der Waals surface area (Å²) in [6.07, 6.45) is 0. The molecule has 2 heterocycles. The highest BCUT2D eigenvalue weighted by Gasteiger charge is 2.16. The highest BCUT2D eigenvalue weighted by atomic mass is 32.2. The molecule has 0 saturated heterocycles. The molecule has 18 heavy (non-hydrogen) atoms. The average molecular weight is 284 g/mol. The van der Waals surface area contributed by atoms with Gasteiger partial charge in [-0.15, -0.1) is 21.5 Å². The van der Waals surface area contributed by atoms with Gasteiger partial charge in [-0.3, -0.25) is 4.79 Å². The molecule has 2 rings (SSSR count). The van der Waals surface area contributed by atoms with Gasteiger partial charge < -0.3 is 9.15 Å². The van der Waals surface area contributed by atoms with Gasteiger partial charge in [0.15, 0.2) is 0 Å². The lowest BCUT2D eigenvalue weighted by Gasteiger charge is -2.05. The fraction of sp³-hybridized carbons (Fsp3) is 0.364. The zero-order valence-electron chi connectivity index (χ0n) is 9.95. The first kappa shape index (κ1) is 13.1. The molecule has 0 amide bonds. The molecule has 0 N–H and O–H groups in total. The fourth-order valence-electron chi connectivity index (χ4n) is 1.23. The van der Waals surface area contributed by atoms with Crippen LogP contribution in [-0.4, -0.2) is 29.0 Å². The van der Waals surface area contributed by atoms with Gasteiger partial charge in [0, 0.05) is 5.75 Å². The third kappa shape index (κ3) is 3.11. The summed E-state index contributed by atoms with van der Waals surface area (Å²) < 4.78 is 10.1. The standard InChI is InChI=1S/C11H12N2O3S2/c1-7(10(14)15-2)6-18-11-13-12-9(16-11)8-4-3-5-17-8/h3-5,7H,6H2,1-2H3. The first-order valence-corrected chi connectivity index (χ1v) is 7.15. The van der Waals surface area contributed by atoms with Crippen molar-refractivity contribution in [1.82, 2.24) is 10.2 Å². The van der Waals surface area contributed by atoms with E-state index in [0.717, 1.165) is 4.88 Å². The van der Waals surface area contributed by atoms with Gasteiger partial charge in [0.1, 0.15) is 0 Å². The van der Waals surface area contributed by atoms with Gasteiger partial charge in [-0.2, -0.15) is 0 Å². The van der Waals surface area contributed by atoms with Crippen LogP contribution in [0.4, 0.5) is 0 Å². The normalized spacial score (nSPS) is 12.3. The predicted octanol–water partition coefficient (Wildman–Crippen LogP) is 2.70. The Labute approximate surface area is 113 Å². The number of ether oxygens (including phenoxy) is 1. The highest BCUT2D eigenvalue weighted by molar-refractivity contribution is 7.99. The monoisotopic (exact) mass is 284 g/mol. The van der Waals surface area contributed by atoms with Crippen LogP contribution in [-0.2, 0) is 9.53 Å². The Hall–Kier alpha value is -1.34. The Morgan fingerprint density at radius 1 is 1.61 bits per heavy atom. The van der Waals surface area contributed by atoms with Crippen LogP contribution >= 0.6 is 23.1 Å². The molecule has 96 valence electrons. The van der Waals surface area contributed by atoms with E-state index in [1.165, 1.54) is 18.9 Å². The molecular formula is C11H12N2O3S2. The smallest absolute Gasteiger partial charge is 0.309 e. The van der Waals surface area contributed by atoms with Gasteiger partial charge in [0.2, 0.25) is 0 Å². The summed E-state index contributed by atoms with van der Waals surface area (Å²) in [6, 6.07) is 3.85. The number of methoxy groups -OCH3 is 1. The molecule has 0 aromatic carbocycles. The van der Waals surface area contributed by atoms with E-state index in [9.17, 15) is 4.79 Å². The van der Waals surface area contributed by atoms with E-state index >= 15 is 0 Å². The molecule has 2 aromatic heterocycles. The number of thiophene rings is 1. The fourth-order valence-corrected chi connectivity index (χ4v) is 2.64. The zero-order chi connectivity index (χ0) is 13.0. The summed E-state index contributed by atoms with van der Waals surface area (Å²) in [5, 5.41) is 10.3. The number of esters is 1. The summed E-state index contributed by atoms with van der Waals surface area (Å²) in [4.78, 5) is 12.2. The lowest BCUT2D eigenvalue weighted by molar-refractivity contribution is -0.143. The Kier molecular flexibility index (Phi) is 4.38. The minimum Gasteiger partial charge on any atom is -0.469 e. The van der Waals surface area contributed by atoms with Crippen molar-refractivity contribution >= 4 is 29.1 Å². The molecule has 2 aromatic rings. The first-order valence-electron chi connectivity index (χ1n) is 5.28. The summed E-state index contributed by atoms with van der Waals surface area (Å²) in [5.41, 5.74) is 0. The highest BCUT2D eigenvalue weighted by Crippen LogP contribution is 2.27. The van der Waals surface area contributed by atoms with E-state index in [0.29, 0.717) is 16.9 Å². The van der Waals surface area contributed by atoms with E-state index in [1.54, 1.807) is 18.3 Å². The predicted molar refractivity (Wildman–Crippen MR) is 69.5 cm³/mol. The second kappa shape index (κ2) is 6.01. The van der Waals surface area contributed by atoms with E-state index in [4.69, 9.17) is 4.42 Å². The van der Waals surface area contributed by atoms with Gasteiger partial charge >= 0.3 is 5.97 Å². The van der Waals surface area contributed by atoms with Crippen LogP contribution in [0.25, 0.3) is 10.8 Å². The minimum atomic E-state index is -0.236. The van der Waals surface area contributed by atoms with E-state index in [1.807, 2.05) is 17.5 Å². The summed E-state index contributed by atoms with van der Waals surface area (Å²) in [7, 11) is 1.38. The maximum atomic E-state index is 11.2. The van der Waals surface area contributed by atoms with Gasteiger partial charge in [-0.05, 0) is 11.4 Å². The second-order valence-electron chi connectivity index (χ2n) is 3.59. The van der Waals surface area contributed by atoms with Crippen LogP contribution in [0.1, 0.15) is 6.92 Å². The van der Waals surface area contributed by atoms with Gasteiger partial charge in [-0.25, -0.2) is 0 Å². The molecule has 0 aliphatic heterocycles. The molecule has 0 spiro atoms. The second-order valence-corrected chi connectivity index (χ2v) is 5.50. The number of carbonyl (C=O) groups is 1. The van der Waals surface area contributed by atoms with E-state index in [2.05, 4.69) is 14.9 Å². The van der Waals surface area contributed by atoms with Gasteiger partial charge in [0.05, 0.1) is 17.9 Å². The van der Waals surface area contributed by atoms with Crippen molar-refractivity contribution in [2.75, 3.05) is 12.9 Å². The molecule has 0 bridgehead atoms. The van der Waals surface area contributed by atoms with Crippen molar-refractivity contribution in [2.45, 2.75) is 12.1 Å².